The number of nitrogens with zero attached hydrogens (tertiary/aromatic N) is 4. The third-order valence-electron chi connectivity index (χ3n) is 13.7. The van der Waals surface area contributed by atoms with Gasteiger partial charge >= 0.3 is 24.1 Å². The van der Waals surface area contributed by atoms with E-state index in [1.807, 2.05) is 56.3 Å². The van der Waals surface area contributed by atoms with Gasteiger partial charge in [-0.3, -0.25) is 19.4 Å². The monoisotopic (exact) mass is 956 g/mol. The van der Waals surface area contributed by atoms with Crippen molar-refractivity contribution in [1.82, 2.24) is 30.5 Å². The molecule has 6 rings (SSSR count). The smallest absolute Gasteiger partial charge is 0.408 e. The second-order valence-electron chi connectivity index (χ2n) is 19.3. The zero-order valence-corrected chi connectivity index (χ0v) is 41.2. The van der Waals surface area contributed by atoms with Gasteiger partial charge < -0.3 is 49.1 Å². The number of amides is 2. The quantitative estimate of drug-likeness (QED) is 0.146. The van der Waals surface area contributed by atoms with Crippen LogP contribution in [0.5, 0.6) is 0 Å². The number of carbonyl (C=O) groups is 5. The minimum atomic E-state index is -1.77. The molecule has 0 unspecified atom stereocenters. The van der Waals surface area contributed by atoms with E-state index in [0.29, 0.717) is 17.8 Å². The van der Waals surface area contributed by atoms with E-state index in [2.05, 4.69) is 25.6 Å². The molecule has 3 saturated heterocycles. The number of esters is 2. The number of nitrogens with one attached hydrogen (secondary N) is 2. The first-order chi connectivity index (χ1) is 32.7. The molecule has 18 heteroatoms. The zero-order chi connectivity index (χ0) is 50.2. The molecule has 69 heavy (non-hydrogen) atoms. The van der Waals surface area contributed by atoms with Gasteiger partial charge in [0.2, 0.25) is 0 Å². The Morgan fingerprint density at radius 2 is 1.65 bits per heavy atom. The summed E-state index contributed by atoms with van der Waals surface area (Å²) in [5.41, 5.74) is -0.957. The molecule has 0 saturated carbocycles. The van der Waals surface area contributed by atoms with Gasteiger partial charge in [0, 0.05) is 60.7 Å². The second-order valence-corrected chi connectivity index (χ2v) is 19.3. The lowest BCUT2D eigenvalue weighted by atomic mass is 9.73. The number of aliphatic hydroxyl groups is 1. The van der Waals surface area contributed by atoms with Gasteiger partial charge in [0.05, 0.1) is 24.5 Å². The average molecular weight is 957 g/mol. The summed E-state index contributed by atoms with van der Waals surface area (Å²) >= 11 is 0. The summed E-state index contributed by atoms with van der Waals surface area (Å²) < 4.78 is 38.0. The summed E-state index contributed by atoms with van der Waals surface area (Å²) in [6.45, 7) is 13.5. The van der Waals surface area contributed by atoms with Crippen LogP contribution in [-0.4, -0.2) is 136 Å². The van der Waals surface area contributed by atoms with E-state index in [9.17, 15) is 29.1 Å². The van der Waals surface area contributed by atoms with Crippen LogP contribution in [0.4, 0.5) is 9.59 Å². The number of pyridine rings is 1. The Hall–Kier alpha value is -5.82. The number of benzene rings is 1. The van der Waals surface area contributed by atoms with Crippen LogP contribution in [0, 0.1) is 23.7 Å². The molecule has 3 aliphatic heterocycles. The fourth-order valence-electron chi connectivity index (χ4n) is 10.1. The minimum absolute atomic E-state index is 0.0359. The molecule has 3 aromatic rings. The normalized spacial score (nSPS) is 33.4. The number of ether oxygens (including phenoxy) is 6. The Bertz CT molecular complexity index is 2270. The van der Waals surface area contributed by atoms with Crippen molar-refractivity contribution < 1.29 is 57.5 Å². The van der Waals surface area contributed by atoms with Gasteiger partial charge in [0.25, 0.3) is 0 Å². The lowest BCUT2D eigenvalue weighted by Crippen LogP contribution is -2.61. The zero-order valence-electron chi connectivity index (χ0n) is 41.2. The Kier molecular flexibility index (Phi) is 17.3. The number of likely N-dealkylation sites (N-methyl/N-ethyl adjacent to an activating group) is 1. The summed E-state index contributed by atoms with van der Waals surface area (Å²) in [5.74, 6) is -5.17. The molecule has 0 radical (unpaired) electrons. The van der Waals surface area contributed by atoms with Crippen LogP contribution < -0.4 is 10.6 Å². The minimum Gasteiger partial charge on any atom is -0.461 e. The predicted octanol–water partition coefficient (Wildman–Crippen LogP) is 5.71. The molecule has 0 spiro atoms. The van der Waals surface area contributed by atoms with E-state index in [-0.39, 0.29) is 31.6 Å². The summed E-state index contributed by atoms with van der Waals surface area (Å²) in [5, 5.41) is 17.5. The Morgan fingerprint density at radius 1 is 0.971 bits per heavy atom. The van der Waals surface area contributed by atoms with Crippen molar-refractivity contribution in [3.8, 4) is 11.4 Å². The van der Waals surface area contributed by atoms with Crippen molar-refractivity contribution >= 4 is 36.0 Å². The largest absolute Gasteiger partial charge is 0.461 e. The number of aromatic nitrogens is 3. The van der Waals surface area contributed by atoms with Crippen molar-refractivity contribution in [2.45, 2.75) is 141 Å². The molecule has 0 bridgehead atoms. The molecule has 374 valence electrons. The fraction of sp³-hybridized carbons (Fsp3) is 0.569. The number of carbonyl (C=O) groups excluding carboxylic acids is 5. The summed E-state index contributed by atoms with van der Waals surface area (Å²) in [6, 6.07) is 11.3. The first-order valence-electron chi connectivity index (χ1n) is 23.7. The van der Waals surface area contributed by atoms with E-state index in [4.69, 9.17) is 28.4 Å². The molecule has 3 aliphatic rings. The maximum atomic E-state index is 14.7. The van der Waals surface area contributed by atoms with E-state index in [1.54, 1.807) is 97.5 Å². The maximum absolute atomic E-state index is 14.7. The highest BCUT2D eigenvalue weighted by Crippen LogP contribution is 2.42. The van der Waals surface area contributed by atoms with Crippen molar-refractivity contribution in [3.05, 3.63) is 84.5 Å². The van der Waals surface area contributed by atoms with Gasteiger partial charge in [-0.25, -0.2) is 19.6 Å². The van der Waals surface area contributed by atoms with Crippen LogP contribution in [0.15, 0.2) is 73.3 Å². The first-order valence-corrected chi connectivity index (χ1v) is 23.7. The highest BCUT2D eigenvalue weighted by Gasteiger charge is 2.58. The van der Waals surface area contributed by atoms with Crippen molar-refractivity contribution in [2.75, 3.05) is 20.6 Å². The molecular formula is C51H68N6O12. The van der Waals surface area contributed by atoms with Crippen LogP contribution in [0.25, 0.3) is 17.5 Å². The number of cyclic esters (lactones) is 1. The third kappa shape index (κ3) is 12.5. The number of hydrogen-bond donors (Lipinski definition) is 3. The SMILES string of the molecule is CC[C@H]1OC(=O)[C@H](C)[C@@H](OC(=O)Cc2ccncc2)[C@H](C)[C@@H](O[C@@H]2O[C@H](C)C[C@H](N(C)C)[C@H]2O)[C@](C)(OC(=O)NC/C=C/c2ccc(-c3ncccn3)cc2)C[C@@H](C)C(=O)[C@H](C)[C@H]2NC(=O)O[C@@]21C. The second kappa shape index (κ2) is 22.7. The van der Waals surface area contributed by atoms with Gasteiger partial charge in [-0.1, -0.05) is 64.1 Å². The molecule has 2 amide bonds. The molecule has 1 aromatic carbocycles. The molecular weight excluding hydrogens is 889 g/mol. The topological polar surface area (TPSA) is 227 Å². The fourth-order valence-corrected chi connectivity index (χ4v) is 10.1. The van der Waals surface area contributed by atoms with Crippen LogP contribution >= 0.6 is 0 Å². The Balaban J connectivity index is 1.40. The van der Waals surface area contributed by atoms with E-state index in [0.717, 1.165) is 11.1 Å². The maximum Gasteiger partial charge on any atom is 0.408 e. The number of hydrogen-bond acceptors (Lipinski definition) is 16. The number of aliphatic hydroxyl groups excluding tert-OH is 1. The van der Waals surface area contributed by atoms with Gasteiger partial charge in [0.15, 0.2) is 17.7 Å². The van der Waals surface area contributed by atoms with E-state index in [1.165, 1.54) is 0 Å². The summed E-state index contributed by atoms with van der Waals surface area (Å²) in [6.07, 6.45) is 2.12. The molecule has 14 atom stereocenters. The lowest BCUT2D eigenvalue weighted by Gasteiger charge is -2.48. The van der Waals surface area contributed by atoms with Gasteiger partial charge in [-0.15, -0.1) is 0 Å². The summed E-state index contributed by atoms with van der Waals surface area (Å²) in [7, 11) is 3.67. The highest BCUT2D eigenvalue weighted by atomic mass is 16.7. The molecule has 18 nitrogen and oxygen atoms in total. The van der Waals surface area contributed by atoms with Gasteiger partial charge in [0.1, 0.15) is 35.8 Å². The molecule has 3 N–H and O–H groups in total. The van der Waals surface area contributed by atoms with Crippen LogP contribution in [-0.2, 0) is 49.2 Å². The van der Waals surface area contributed by atoms with E-state index >= 15 is 0 Å². The van der Waals surface area contributed by atoms with Crippen LogP contribution in [0.3, 0.4) is 0 Å². The number of Topliss-reactive ketones (excluding diaryl/α,β-unsaturated/α-hetero) is 1. The van der Waals surface area contributed by atoms with Crippen LogP contribution in [0.2, 0.25) is 0 Å². The average Bonchev–Trinajstić information content (AvgIpc) is 3.64. The Morgan fingerprint density at radius 3 is 2.30 bits per heavy atom. The van der Waals surface area contributed by atoms with Crippen molar-refractivity contribution in [1.29, 1.82) is 0 Å². The predicted molar refractivity (Wildman–Crippen MR) is 253 cm³/mol. The number of rotatable bonds is 12. The van der Waals surface area contributed by atoms with Crippen molar-refractivity contribution in [2.24, 2.45) is 23.7 Å². The lowest BCUT2D eigenvalue weighted by molar-refractivity contribution is -0.298. The Labute approximate surface area is 404 Å². The molecule has 0 aliphatic carbocycles. The van der Waals surface area contributed by atoms with Gasteiger partial charge in [-0.2, -0.15) is 0 Å². The van der Waals surface area contributed by atoms with E-state index < -0.39 is 108 Å². The molecule has 5 heterocycles. The number of fused-ring (bicyclic) bond motifs is 1. The number of alkyl carbamates (subject to hydrolysis) is 2. The molecule has 2 aromatic heterocycles. The van der Waals surface area contributed by atoms with Gasteiger partial charge in [-0.05, 0) is 90.4 Å². The standard InChI is InChI=1S/C51H68N6O12/c1-11-38-51(8)43(56-49(63)69-51)31(4)40(59)29(2)28-50(7,68-48(62)55-21-12-14-34-15-17-36(18-16-34)45-53-22-13-23-54-45)44(67-47-41(60)37(57(9)10)26-30(3)64-47)32(5)42(33(6)46(61)65-38)66-39(58)27-35-19-24-52-25-20-35/h12-20,22-25,29-33,37-38,41-44,47,60H,11,21,26-28H2,1-10H3,(H,55,62)(H,56,63)/b14-12+/t29-,30-,31+,32+,33-,37+,38-,41-,42+,43-,44-,47+,50-,51-/m1/s1. The molecule has 3 fully saturated rings. The summed E-state index contributed by atoms with van der Waals surface area (Å²) in [4.78, 5) is 85.0. The first kappa shape index (κ1) is 52.5. The third-order valence-corrected chi connectivity index (χ3v) is 13.7. The van der Waals surface area contributed by atoms with Crippen LogP contribution in [0.1, 0.15) is 85.8 Å². The van der Waals surface area contributed by atoms with Crippen molar-refractivity contribution in [3.63, 3.8) is 0 Å². The highest BCUT2D eigenvalue weighted by molar-refractivity contribution is 5.85. The number of ketones is 1.